The van der Waals surface area contributed by atoms with Crippen molar-refractivity contribution in [1.82, 2.24) is 4.90 Å². The molecule has 4 rings (SSSR count). The maximum atomic E-state index is 13.3. The van der Waals surface area contributed by atoms with Crippen molar-refractivity contribution < 1.29 is 23.9 Å². The van der Waals surface area contributed by atoms with Crippen LogP contribution in [0.4, 0.5) is 26.7 Å². The number of thiophene rings is 1. The molecule has 1 aromatic heterocycles. The summed E-state index contributed by atoms with van der Waals surface area (Å²) in [5.41, 5.74) is 2.09. The van der Waals surface area contributed by atoms with E-state index in [2.05, 4.69) is 15.5 Å². The average molecular weight is 579 g/mol. The maximum absolute atomic E-state index is 13.3. The monoisotopic (exact) mass is 578 g/mol. The minimum atomic E-state index is -0.658. The number of benzene rings is 2. The van der Waals surface area contributed by atoms with Gasteiger partial charge in [-0.05, 0) is 95.0 Å². The largest absolute Gasteiger partial charge is 0.444 e. The van der Waals surface area contributed by atoms with Crippen LogP contribution in [0.3, 0.4) is 0 Å². The zero-order valence-corrected chi connectivity index (χ0v) is 25.3. The molecule has 0 saturated carbocycles. The molecule has 0 spiro atoms. The quantitative estimate of drug-likeness (QED) is 0.336. The molecule has 2 aromatic carbocycles. The first-order valence-corrected chi connectivity index (χ1v) is 14.5. The number of hydrogen-bond acceptors (Lipinski definition) is 7. The summed E-state index contributed by atoms with van der Waals surface area (Å²) in [6, 6.07) is 16.8. The van der Waals surface area contributed by atoms with Crippen molar-refractivity contribution >= 4 is 46.5 Å². The number of ether oxygens (including phenoxy) is 2. The van der Waals surface area contributed by atoms with Crippen LogP contribution >= 0.6 is 11.3 Å². The lowest BCUT2D eigenvalue weighted by Gasteiger charge is -2.36. The van der Waals surface area contributed by atoms with Crippen LogP contribution in [0.5, 0.6) is 0 Å². The van der Waals surface area contributed by atoms with Crippen LogP contribution in [-0.2, 0) is 9.47 Å². The van der Waals surface area contributed by atoms with Crippen LogP contribution in [0.2, 0.25) is 0 Å². The summed E-state index contributed by atoms with van der Waals surface area (Å²) in [6.45, 7) is 13.4. The second kappa shape index (κ2) is 12.2. The van der Waals surface area contributed by atoms with E-state index in [1.807, 2.05) is 62.5 Å². The van der Waals surface area contributed by atoms with Gasteiger partial charge in [-0.25, -0.2) is 9.59 Å². The molecule has 2 heterocycles. The fourth-order valence-electron chi connectivity index (χ4n) is 4.26. The van der Waals surface area contributed by atoms with Gasteiger partial charge in [-0.3, -0.25) is 10.1 Å². The normalized spacial score (nSPS) is 13.9. The fourth-order valence-corrected chi connectivity index (χ4v) is 4.98. The van der Waals surface area contributed by atoms with Crippen LogP contribution in [0.25, 0.3) is 10.4 Å². The standard InChI is InChI=1S/C31H38N4O5S/c1-30(2,3)39-28(37)33-24-14-11-22(26-8-7-19-41-26)20-25(24)32-27(36)21-9-12-23(13-10-21)34-15-17-35(18-16-34)29(38)40-31(4,5)6/h7-14,19-20H,15-18H2,1-6H3,(H,32,36)(H,33,37). The van der Waals surface area contributed by atoms with Gasteiger partial charge in [-0.15, -0.1) is 11.3 Å². The van der Waals surface area contributed by atoms with Crippen molar-refractivity contribution in [3.05, 3.63) is 65.5 Å². The third kappa shape index (κ3) is 8.47. The first-order valence-electron chi connectivity index (χ1n) is 13.6. The zero-order chi connectivity index (χ0) is 29.8. The molecule has 0 radical (unpaired) electrons. The van der Waals surface area contributed by atoms with Gasteiger partial charge < -0.3 is 24.6 Å². The molecule has 1 aliphatic rings. The second-order valence-corrected chi connectivity index (χ2v) is 12.8. The summed E-state index contributed by atoms with van der Waals surface area (Å²) in [4.78, 5) is 43.1. The third-order valence-corrected chi connectivity index (χ3v) is 7.05. The Kier molecular flexibility index (Phi) is 8.92. The van der Waals surface area contributed by atoms with Crippen molar-refractivity contribution in [3.8, 4) is 10.4 Å². The van der Waals surface area contributed by atoms with Crippen molar-refractivity contribution in [2.45, 2.75) is 52.7 Å². The van der Waals surface area contributed by atoms with E-state index in [9.17, 15) is 14.4 Å². The van der Waals surface area contributed by atoms with E-state index >= 15 is 0 Å². The number of piperazine rings is 1. The maximum Gasteiger partial charge on any atom is 0.412 e. The topological polar surface area (TPSA) is 100 Å². The van der Waals surface area contributed by atoms with E-state index in [0.717, 1.165) is 16.1 Å². The molecule has 1 aliphatic heterocycles. The Balaban J connectivity index is 1.44. The molecule has 0 unspecified atom stereocenters. The number of nitrogens with zero attached hydrogens (tertiary/aromatic N) is 2. The van der Waals surface area contributed by atoms with Crippen LogP contribution in [-0.4, -0.2) is 60.4 Å². The Morgan fingerprint density at radius 2 is 1.44 bits per heavy atom. The Hall–Kier alpha value is -4.05. The lowest BCUT2D eigenvalue weighted by atomic mass is 10.1. The molecule has 0 atom stereocenters. The summed E-state index contributed by atoms with van der Waals surface area (Å²) in [6.07, 6.45) is -0.902. The van der Waals surface area contributed by atoms with Crippen molar-refractivity contribution in [1.29, 1.82) is 0 Å². The highest BCUT2D eigenvalue weighted by Gasteiger charge is 2.26. The first-order chi connectivity index (χ1) is 19.3. The lowest BCUT2D eigenvalue weighted by molar-refractivity contribution is 0.0240. The van der Waals surface area contributed by atoms with Gasteiger partial charge in [0.25, 0.3) is 5.91 Å². The van der Waals surface area contributed by atoms with E-state index < -0.39 is 17.3 Å². The summed E-state index contributed by atoms with van der Waals surface area (Å²) < 4.78 is 10.9. The highest BCUT2D eigenvalue weighted by molar-refractivity contribution is 7.13. The van der Waals surface area contributed by atoms with Crippen molar-refractivity contribution in [2.24, 2.45) is 0 Å². The molecule has 10 heteroatoms. The van der Waals surface area contributed by atoms with Crippen LogP contribution < -0.4 is 15.5 Å². The van der Waals surface area contributed by atoms with Crippen LogP contribution in [0, 0.1) is 0 Å². The molecule has 41 heavy (non-hydrogen) atoms. The second-order valence-electron chi connectivity index (χ2n) is 11.8. The first kappa shape index (κ1) is 29.9. The number of rotatable bonds is 5. The molecule has 3 aromatic rings. The van der Waals surface area contributed by atoms with E-state index in [-0.39, 0.29) is 12.0 Å². The minimum absolute atomic E-state index is 0.298. The SMILES string of the molecule is CC(C)(C)OC(=O)Nc1ccc(-c2cccs2)cc1NC(=O)c1ccc(N2CCN(C(=O)OC(C)(C)C)CC2)cc1. The number of amides is 3. The molecule has 0 bridgehead atoms. The zero-order valence-electron chi connectivity index (χ0n) is 24.4. The van der Waals surface area contributed by atoms with Gasteiger partial charge in [-0.2, -0.15) is 0 Å². The van der Waals surface area contributed by atoms with Crippen LogP contribution in [0.1, 0.15) is 51.9 Å². The third-order valence-electron chi connectivity index (χ3n) is 6.14. The van der Waals surface area contributed by atoms with Gasteiger partial charge in [0, 0.05) is 42.3 Å². The minimum Gasteiger partial charge on any atom is -0.444 e. The Morgan fingerprint density at radius 3 is 2.02 bits per heavy atom. The molecule has 2 N–H and O–H groups in total. The van der Waals surface area contributed by atoms with Gasteiger partial charge in [-0.1, -0.05) is 12.1 Å². The summed E-state index contributed by atoms with van der Waals surface area (Å²) >= 11 is 1.59. The summed E-state index contributed by atoms with van der Waals surface area (Å²) in [5, 5.41) is 7.70. The average Bonchev–Trinajstić information content (AvgIpc) is 3.43. The molecule has 9 nitrogen and oxygen atoms in total. The molecule has 3 amide bonds. The fraction of sp³-hybridized carbons (Fsp3) is 0.387. The lowest BCUT2D eigenvalue weighted by Crippen LogP contribution is -2.50. The molecule has 218 valence electrons. The van der Waals surface area contributed by atoms with E-state index in [1.165, 1.54) is 0 Å². The summed E-state index contributed by atoms with van der Waals surface area (Å²) in [7, 11) is 0. The molecular formula is C31H38N4O5S. The number of anilines is 3. The van der Waals surface area contributed by atoms with E-state index in [0.29, 0.717) is 43.1 Å². The smallest absolute Gasteiger partial charge is 0.412 e. The molecule has 1 fully saturated rings. The van der Waals surface area contributed by atoms with Crippen molar-refractivity contribution in [2.75, 3.05) is 41.7 Å². The van der Waals surface area contributed by atoms with E-state index in [4.69, 9.17) is 9.47 Å². The summed E-state index contributed by atoms with van der Waals surface area (Å²) in [5.74, 6) is -0.304. The van der Waals surface area contributed by atoms with Gasteiger partial charge in [0.15, 0.2) is 0 Å². The van der Waals surface area contributed by atoms with Crippen molar-refractivity contribution in [3.63, 3.8) is 0 Å². The Labute approximate surface area is 245 Å². The Bertz CT molecular complexity index is 1370. The van der Waals surface area contributed by atoms with E-state index in [1.54, 1.807) is 55.2 Å². The molecule has 0 aliphatic carbocycles. The van der Waals surface area contributed by atoms with Gasteiger partial charge >= 0.3 is 12.2 Å². The number of carbonyl (C=O) groups excluding carboxylic acids is 3. The van der Waals surface area contributed by atoms with Crippen LogP contribution in [0.15, 0.2) is 60.0 Å². The van der Waals surface area contributed by atoms with Gasteiger partial charge in [0.1, 0.15) is 11.2 Å². The highest BCUT2D eigenvalue weighted by atomic mass is 32.1. The van der Waals surface area contributed by atoms with Gasteiger partial charge in [0.05, 0.1) is 11.4 Å². The predicted molar refractivity (Wildman–Crippen MR) is 164 cm³/mol. The number of carbonyl (C=O) groups is 3. The predicted octanol–water partition coefficient (Wildman–Crippen LogP) is 7.07. The highest BCUT2D eigenvalue weighted by Crippen LogP contribution is 2.32. The Morgan fingerprint density at radius 1 is 0.780 bits per heavy atom. The number of nitrogens with one attached hydrogen (secondary N) is 2. The number of hydrogen-bond donors (Lipinski definition) is 2. The van der Waals surface area contributed by atoms with Gasteiger partial charge in [0.2, 0.25) is 0 Å². The molecule has 1 saturated heterocycles. The molecular weight excluding hydrogens is 540 g/mol.